The van der Waals surface area contributed by atoms with Gasteiger partial charge in [0.15, 0.2) is 18.1 Å². The number of esters is 1. The Bertz CT molecular complexity index is 1170. The standard InChI is InChI=1S/C24H17ClN2O3/c25-19-13-11-18(12-14-19)23(28)16-30-24(29)22-15-21(17-7-3-1-4-8-17)26-27(22)20-9-5-2-6-10-20/h1-15H,16H2. The molecule has 3 aromatic carbocycles. The Kier molecular flexibility index (Phi) is 5.72. The topological polar surface area (TPSA) is 61.2 Å². The average molecular weight is 417 g/mol. The van der Waals surface area contributed by atoms with Crippen molar-refractivity contribution in [3.63, 3.8) is 0 Å². The molecule has 0 saturated heterocycles. The molecule has 0 amide bonds. The van der Waals surface area contributed by atoms with Crippen molar-refractivity contribution in [2.75, 3.05) is 6.61 Å². The van der Waals surface area contributed by atoms with Gasteiger partial charge in [-0.05, 0) is 42.5 Å². The summed E-state index contributed by atoms with van der Waals surface area (Å²) in [5.74, 6) is -0.940. The van der Waals surface area contributed by atoms with Crippen LogP contribution in [0.4, 0.5) is 0 Å². The average Bonchev–Trinajstić information content (AvgIpc) is 3.25. The van der Waals surface area contributed by atoms with Crippen LogP contribution in [0.5, 0.6) is 0 Å². The fourth-order valence-electron chi connectivity index (χ4n) is 2.97. The molecular weight excluding hydrogens is 400 g/mol. The van der Waals surface area contributed by atoms with Gasteiger partial charge in [-0.15, -0.1) is 0 Å². The second-order valence-electron chi connectivity index (χ2n) is 6.53. The first-order valence-corrected chi connectivity index (χ1v) is 9.66. The van der Waals surface area contributed by atoms with Crippen LogP contribution in [0.25, 0.3) is 16.9 Å². The molecule has 0 saturated carbocycles. The Hall–Kier alpha value is -3.70. The zero-order valence-electron chi connectivity index (χ0n) is 15.9. The van der Waals surface area contributed by atoms with E-state index in [1.165, 1.54) is 4.68 Å². The van der Waals surface area contributed by atoms with Gasteiger partial charge in [0.1, 0.15) is 0 Å². The van der Waals surface area contributed by atoms with Crippen LogP contribution in [0.15, 0.2) is 91.0 Å². The Morgan fingerprint density at radius 1 is 0.867 bits per heavy atom. The molecule has 6 heteroatoms. The zero-order chi connectivity index (χ0) is 20.9. The van der Waals surface area contributed by atoms with Gasteiger partial charge in [-0.25, -0.2) is 9.48 Å². The minimum atomic E-state index is -0.629. The van der Waals surface area contributed by atoms with Crippen molar-refractivity contribution < 1.29 is 14.3 Å². The number of hydrogen-bond acceptors (Lipinski definition) is 4. The lowest BCUT2D eigenvalue weighted by molar-refractivity contribution is 0.0465. The van der Waals surface area contributed by atoms with E-state index >= 15 is 0 Å². The number of rotatable bonds is 6. The number of ether oxygens (including phenoxy) is 1. The summed E-state index contributed by atoms with van der Waals surface area (Å²) in [7, 11) is 0. The molecule has 0 fully saturated rings. The maximum atomic E-state index is 12.8. The molecule has 0 unspecified atom stereocenters. The van der Waals surface area contributed by atoms with Crippen LogP contribution >= 0.6 is 11.6 Å². The van der Waals surface area contributed by atoms with Crippen molar-refractivity contribution in [2.45, 2.75) is 0 Å². The van der Waals surface area contributed by atoms with E-state index in [2.05, 4.69) is 5.10 Å². The van der Waals surface area contributed by atoms with E-state index in [0.29, 0.717) is 16.3 Å². The summed E-state index contributed by atoms with van der Waals surface area (Å²) in [6.07, 6.45) is 0. The molecule has 5 nitrogen and oxygen atoms in total. The number of hydrogen-bond donors (Lipinski definition) is 0. The number of aromatic nitrogens is 2. The quantitative estimate of drug-likeness (QED) is 0.319. The Morgan fingerprint density at radius 2 is 1.50 bits per heavy atom. The van der Waals surface area contributed by atoms with Crippen LogP contribution < -0.4 is 0 Å². The molecule has 148 valence electrons. The highest BCUT2D eigenvalue weighted by Crippen LogP contribution is 2.22. The second-order valence-corrected chi connectivity index (χ2v) is 6.97. The molecule has 0 spiro atoms. The predicted molar refractivity (Wildman–Crippen MR) is 115 cm³/mol. The van der Waals surface area contributed by atoms with Gasteiger partial charge in [0, 0.05) is 16.1 Å². The van der Waals surface area contributed by atoms with Gasteiger partial charge in [-0.2, -0.15) is 5.10 Å². The van der Waals surface area contributed by atoms with Crippen LogP contribution in [0, 0.1) is 0 Å². The van der Waals surface area contributed by atoms with E-state index in [4.69, 9.17) is 16.3 Å². The monoisotopic (exact) mass is 416 g/mol. The summed E-state index contributed by atoms with van der Waals surface area (Å²) in [5, 5.41) is 5.11. The third kappa shape index (κ3) is 4.31. The SMILES string of the molecule is O=C(COC(=O)c1cc(-c2ccccc2)nn1-c1ccccc1)c1ccc(Cl)cc1. The lowest BCUT2D eigenvalue weighted by Crippen LogP contribution is -2.17. The first-order chi connectivity index (χ1) is 14.6. The number of carbonyl (C=O) groups excluding carboxylic acids is 2. The van der Waals surface area contributed by atoms with E-state index in [1.54, 1.807) is 30.3 Å². The van der Waals surface area contributed by atoms with E-state index in [9.17, 15) is 9.59 Å². The van der Waals surface area contributed by atoms with Gasteiger partial charge in [-0.3, -0.25) is 4.79 Å². The van der Waals surface area contributed by atoms with Crippen LogP contribution in [0.2, 0.25) is 5.02 Å². The highest BCUT2D eigenvalue weighted by molar-refractivity contribution is 6.30. The highest BCUT2D eigenvalue weighted by Gasteiger charge is 2.20. The van der Waals surface area contributed by atoms with Crippen LogP contribution in [-0.4, -0.2) is 28.1 Å². The van der Waals surface area contributed by atoms with Gasteiger partial charge in [0.05, 0.1) is 11.4 Å². The predicted octanol–water partition coefficient (Wildman–Crippen LogP) is 5.23. The van der Waals surface area contributed by atoms with Crippen molar-refractivity contribution in [1.82, 2.24) is 9.78 Å². The Labute approximate surface area is 178 Å². The Balaban J connectivity index is 1.60. The number of Topliss-reactive ketones (excluding diaryl/α,β-unsaturated/α-hetero) is 1. The lowest BCUT2D eigenvalue weighted by Gasteiger charge is -2.07. The van der Waals surface area contributed by atoms with Crippen LogP contribution in [-0.2, 0) is 4.74 Å². The van der Waals surface area contributed by atoms with E-state index < -0.39 is 5.97 Å². The van der Waals surface area contributed by atoms with E-state index in [-0.39, 0.29) is 18.1 Å². The number of halogens is 1. The molecule has 0 aliphatic carbocycles. The molecule has 4 aromatic rings. The summed E-state index contributed by atoms with van der Waals surface area (Å²) in [4.78, 5) is 25.1. The summed E-state index contributed by atoms with van der Waals surface area (Å²) in [6.45, 7) is -0.374. The van der Waals surface area contributed by atoms with Gasteiger partial charge in [0.25, 0.3) is 0 Å². The third-order valence-electron chi connectivity index (χ3n) is 4.49. The molecule has 0 atom stereocenters. The molecule has 0 aliphatic heterocycles. The molecule has 0 radical (unpaired) electrons. The molecule has 30 heavy (non-hydrogen) atoms. The van der Waals surface area contributed by atoms with Crippen LogP contribution in [0.3, 0.4) is 0 Å². The first-order valence-electron chi connectivity index (χ1n) is 9.28. The normalized spacial score (nSPS) is 10.6. The fraction of sp³-hybridized carbons (Fsp3) is 0.0417. The largest absolute Gasteiger partial charge is 0.453 e. The third-order valence-corrected chi connectivity index (χ3v) is 4.74. The second kappa shape index (κ2) is 8.76. The smallest absolute Gasteiger partial charge is 0.357 e. The minimum absolute atomic E-state index is 0.240. The summed E-state index contributed by atoms with van der Waals surface area (Å²) < 4.78 is 6.83. The van der Waals surface area contributed by atoms with Crippen molar-refractivity contribution >= 4 is 23.4 Å². The highest BCUT2D eigenvalue weighted by atomic mass is 35.5. The summed E-state index contributed by atoms with van der Waals surface area (Å²) in [6, 6.07) is 26.9. The van der Waals surface area contributed by atoms with Gasteiger partial charge in [0.2, 0.25) is 0 Å². The molecule has 1 heterocycles. The van der Waals surface area contributed by atoms with Crippen molar-refractivity contribution in [1.29, 1.82) is 0 Å². The Morgan fingerprint density at radius 3 is 2.17 bits per heavy atom. The molecule has 4 rings (SSSR count). The maximum Gasteiger partial charge on any atom is 0.357 e. The van der Waals surface area contributed by atoms with Crippen molar-refractivity contribution in [3.05, 3.63) is 107 Å². The molecule has 0 aliphatic rings. The first kappa shape index (κ1) is 19.6. The number of nitrogens with zero attached hydrogens (tertiary/aromatic N) is 2. The number of para-hydroxylation sites is 1. The van der Waals surface area contributed by atoms with E-state index in [1.807, 2.05) is 60.7 Å². The fourth-order valence-corrected chi connectivity index (χ4v) is 3.09. The van der Waals surface area contributed by atoms with Crippen molar-refractivity contribution in [2.24, 2.45) is 0 Å². The van der Waals surface area contributed by atoms with Gasteiger partial charge >= 0.3 is 5.97 Å². The number of carbonyl (C=O) groups is 2. The van der Waals surface area contributed by atoms with Gasteiger partial charge in [-0.1, -0.05) is 60.1 Å². The molecule has 0 N–H and O–H groups in total. The number of ketones is 1. The lowest BCUT2D eigenvalue weighted by atomic mass is 10.1. The number of benzene rings is 3. The molecule has 0 bridgehead atoms. The van der Waals surface area contributed by atoms with Crippen molar-refractivity contribution in [3.8, 4) is 16.9 Å². The minimum Gasteiger partial charge on any atom is -0.453 e. The van der Waals surface area contributed by atoms with E-state index in [0.717, 1.165) is 11.3 Å². The van der Waals surface area contributed by atoms with Crippen LogP contribution in [0.1, 0.15) is 20.8 Å². The zero-order valence-corrected chi connectivity index (χ0v) is 16.6. The molecular formula is C24H17ClN2O3. The summed E-state index contributed by atoms with van der Waals surface area (Å²) >= 11 is 5.85. The maximum absolute atomic E-state index is 12.8. The molecule has 1 aromatic heterocycles. The summed E-state index contributed by atoms with van der Waals surface area (Å²) in [5.41, 5.74) is 2.89. The van der Waals surface area contributed by atoms with Gasteiger partial charge < -0.3 is 4.74 Å².